The van der Waals surface area contributed by atoms with Crippen molar-refractivity contribution in [1.29, 1.82) is 0 Å². The molecule has 3 aromatic rings. The van der Waals surface area contributed by atoms with Gasteiger partial charge in [0, 0.05) is 43.0 Å². The molecular formula is C27H27N3O3S2. The van der Waals surface area contributed by atoms with Crippen molar-refractivity contribution in [2.24, 2.45) is 5.92 Å². The van der Waals surface area contributed by atoms with Crippen LogP contribution in [0.15, 0.2) is 77.6 Å². The SMILES string of the molecule is C[C@@H](SC(=S)N1C[C@@H]2C[C@@H](C1)c1cccc(=O)n1C2)C(=O)Nc1ccc(Oc2ccccc2)cc1. The molecular weight excluding hydrogens is 478 g/mol. The number of aromatic nitrogens is 1. The summed E-state index contributed by atoms with van der Waals surface area (Å²) in [6.45, 7) is 4.21. The highest BCUT2D eigenvalue weighted by Crippen LogP contribution is 2.36. The third-order valence-corrected chi connectivity index (χ3v) is 8.06. The van der Waals surface area contributed by atoms with E-state index in [1.54, 1.807) is 6.07 Å². The maximum atomic E-state index is 12.8. The minimum Gasteiger partial charge on any atom is -0.457 e. The number of rotatable bonds is 5. The van der Waals surface area contributed by atoms with Crippen LogP contribution in [0.2, 0.25) is 0 Å². The summed E-state index contributed by atoms with van der Waals surface area (Å²) >= 11 is 7.15. The van der Waals surface area contributed by atoms with Crippen LogP contribution in [0.4, 0.5) is 5.69 Å². The fourth-order valence-corrected chi connectivity index (χ4v) is 6.15. The van der Waals surface area contributed by atoms with Gasteiger partial charge in [-0.15, -0.1) is 0 Å². The molecule has 0 saturated carbocycles. The van der Waals surface area contributed by atoms with Crippen LogP contribution in [-0.2, 0) is 11.3 Å². The summed E-state index contributed by atoms with van der Waals surface area (Å²) in [6.07, 6.45) is 1.08. The Morgan fingerprint density at radius 3 is 2.51 bits per heavy atom. The minimum absolute atomic E-state index is 0.0764. The number of piperidine rings is 1. The van der Waals surface area contributed by atoms with Gasteiger partial charge >= 0.3 is 0 Å². The van der Waals surface area contributed by atoms with Crippen LogP contribution in [0.25, 0.3) is 0 Å². The van der Waals surface area contributed by atoms with Gasteiger partial charge in [-0.1, -0.05) is 48.2 Å². The summed E-state index contributed by atoms with van der Waals surface area (Å²) in [4.78, 5) is 27.3. The molecule has 1 aromatic heterocycles. The lowest BCUT2D eigenvalue weighted by atomic mass is 9.83. The molecule has 1 amide bonds. The van der Waals surface area contributed by atoms with E-state index in [1.165, 1.54) is 11.8 Å². The van der Waals surface area contributed by atoms with Crippen LogP contribution in [0, 0.1) is 5.92 Å². The van der Waals surface area contributed by atoms with E-state index >= 15 is 0 Å². The number of ether oxygens (including phenoxy) is 1. The normalized spacial score (nSPS) is 19.4. The highest BCUT2D eigenvalue weighted by atomic mass is 32.2. The standard InChI is InChI=1S/C27H27N3O3S2/c1-18(26(32)28-21-10-12-23(13-11-21)33-22-6-3-2-4-7-22)35-27(34)29-15-19-14-20(17-29)24-8-5-9-25(31)30(24)16-19/h2-13,18-20H,14-17H2,1H3,(H,28,32)/t18-,19+,20+/m1/s1. The van der Waals surface area contributed by atoms with E-state index in [0.29, 0.717) is 17.4 Å². The smallest absolute Gasteiger partial charge is 0.250 e. The Bertz CT molecular complexity index is 1280. The maximum absolute atomic E-state index is 12.8. The number of hydrogen-bond acceptors (Lipinski definition) is 5. The average Bonchev–Trinajstić information content (AvgIpc) is 2.86. The summed E-state index contributed by atoms with van der Waals surface area (Å²) in [5.41, 5.74) is 1.88. The van der Waals surface area contributed by atoms with Gasteiger partial charge in [-0.05, 0) is 61.7 Å². The predicted octanol–water partition coefficient (Wildman–Crippen LogP) is 5.11. The zero-order valence-electron chi connectivity index (χ0n) is 19.4. The Hall–Kier alpha value is -3.10. The summed E-state index contributed by atoms with van der Waals surface area (Å²) in [6, 6.07) is 22.4. The van der Waals surface area contributed by atoms with E-state index in [9.17, 15) is 9.59 Å². The summed E-state index contributed by atoms with van der Waals surface area (Å²) in [5.74, 6) is 2.05. The Balaban J connectivity index is 1.16. The minimum atomic E-state index is -0.334. The lowest BCUT2D eigenvalue weighted by Crippen LogP contribution is -2.48. The lowest BCUT2D eigenvalue weighted by molar-refractivity contribution is -0.115. The first kappa shape index (κ1) is 23.6. The second-order valence-corrected chi connectivity index (χ2v) is 11.0. The molecule has 0 aliphatic carbocycles. The van der Waals surface area contributed by atoms with Crippen molar-refractivity contribution in [3.8, 4) is 11.5 Å². The van der Waals surface area contributed by atoms with Crippen LogP contribution in [0.1, 0.15) is 25.0 Å². The monoisotopic (exact) mass is 505 g/mol. The molecule has 8 heteroatoms. The van der Waals surface area contributed by atoms with Crippen molar-refractivity contribution < 1.29 is 9.53 Å². The molecule has 2 aromatic carbocycles. The van der Waals surface area contributed by atoms with E-state index in [0.717, 1.165) is 41.8 Å². The number of amides is 1. The summed E-state index contributed by atoms with van der Waals surface area (Å²) < 4.78 is 8.46. The molecule has 1 fully saturated rings. The molecule has 0 spiro atoms. The number of benzene rings is 2. The van der Waals surface area contributed by atoms with Crippen molar-refractivity contribution >= 4 is 39.9 Å². The van der Waals surface area contributed by atoms with Crippen LogP contribution in [-0.4, -0.2) is 38.0 Å². The van der Waals surface area contributed by atoms with E-state index in [4.69, 9.17) is 17.0 Å². The van der Waals surface area contributed by atoms with E-state index in [1.807, 2.05) is 78.2 Å². The topological polar surface area (TPSA) is 63.6 Å². The zero-order valence-corrected chi connectivity index (χ0v) is 21.1. The van der Waals surface area contributed by atoms with Gasteiger partial charge in [0.05, 0.1) is 5.25 Å². The molecule has 2 aliphatic rings. The number of pyridine rings is 1. The average molecular weight is 506 g/mol. The molecule has 3 heterocycles. The number of likely N-dealkylation sites (tertiary alicyclic amines) is 1. The predicted molar refractivity (Wildman–Crippen MR) is 144 cm³/mol. The quantitative estimate of drug-likeness (QED) is 0.487. The Morgan fingerprint density at radius 1 is 1.00 bits per heavy atom. The van der Waals surface area contributed by atoms with Gasteiger partial charge in [0.1, 0.15) is 15.8 Å². The number of carbonyl (C=O) groups is 1. The second-order valence-electron chi connectivity index (χ2n) is 9.06. The number of thioether (sulfide) groups is 1. The lowest BCUT2D eigenvalue weighted by Gasteiger charge is -2.43. The van der Waals surface area contributed by atoms with Crippen LogP contribution in [0.5, 0.6) is 11.5 Å². The number of thiocarbonyl (C=S) groups is 1. The zero-order chi connectivity index (χ0) is 24.4. The molecule has 1 N–H and O–H groups in total. The first-order chi connectivity index (χ1) is 17.0. The molecule has 2 bridgehead atoms. The molecule has 0 radical (unpaired) electrons. The molecule has 180 valence electrons. The number of nitrogens with zero attached hydrogens (tertiary/aromatic N) is 2. The molecule has 1 saturated heterocycles. The number of anilines is 1. The van der Waals surface area contributed by atoms with Crippen molar-refractivity contribution in [3.63, 3.8) is 0 Å². The van der Waals surface area contributed by atoms with Crippen molar-refractivity contribution in [3.05, 3.63) is 88.8 Å². The van der Waals surface area contributed by atoms with Gasteiger partial charge in [-0.3, -0.25) is 9.59 Å². The van der Waals surface area contributed by atoms with Gasteiger partial charge in [0.25, 0.3) is 5.56 Å². The van der Waals surface area contributed by atoms with Gasteiger partial charge in [0.2, 0.25) is 5.91 Å². The highest BCUT2D eigenvalue weighted by Gasteiger charge is 2.35. The molecule has 35 heavy (non-hydrogen) atoms. The van der Waals surface area contributed by atoms with E-state index in [2.05, 4.69) is 10.2 Å². The van der Waals surface area contributed by atoms with E-state index in [-0.39, 0.29) is 22.6 Å². The molecule has 5 rings (SSSR count). The Labute approximate surface area is 214 Å². The molecule has 6 nitrogen and oxygen atoms in total. The molecule has 3 atom stereocenters. The molecule has 0 unspecified atom stereocenters. The largest absolute Gasteiger partial charge is 0.457 e. The van der Waals surface area contributed by atoms with Crippen LogP contribution < -0.4 is 15.6 Å². The maximum Gasteiger partial charge on any atom is 0.250 e. The number of para-hydroxylation sites is 1. The van der Waals surface area contributed by atoms with Crippen molar-refractivity contribution in [2.75, 3.05) is 18.4 Å². The number of hydrogen-bond donors (Lipinski definition) is 1. The first-order valence-electron chi connectivity index (χ1n) is 11.8. The Kier molecular flexibility index (Phi) is 6.92. The number of carbonyl (C=O) groups excluding carboxylic acids is 1. The van der Waals surface area contributed by atoms with Crippen LogP contribution >= 0.6 is 24.0 Å². The fraction of sp³-hybridized carbons (Fsp3) is 0.296. The van der Waals surface area contributed by atoms with Crippen LogP contribution in [0.3, 0.4) is 0 Å². The number of nitrogens with one attached hydrogen (secondary N) is 1. The summed E-state index contributed by atoms with van der Waals surface area (Å²) in [7, 11) is 0. The first-order valence-corrected chi connectivity index (χ1v) is 13.0. The Morgan fingerprint density at radius 2 is 1.74 bits per heavy atom. The van der Waals surface area contributed by atoms with E-state index < -0.39 is 0 Å². The van der Waals surface area contributed by atoms with Crippen molar-refractivity contribution in [1.82, 2.24) is 9.47 Å². The molecule has 2 aliphatic heterocycles. The second kappa shape index (κ2) is 10.3. The van der Waals surface area contributed by atoms with Gasteiger partial charge in [-0.2, -0.15) is 0 Å². The number of fused-ring (bicyclic) bond motifs is 4. The van der Waals surface area contributed by atoms with Gasteiger partial charge < -0.3 is 19.5 Å². The van der Waals surface area contributed by atoms with Crippen molar-refractivity contribution in [2.45, 2.75) is 31.1 Å². The third-order valence-electron chi connectivity index (χ3n) is 6.49. The summed E-state index contributed by atoms with van der Waals surface area (Å²) in [5, 5.41) is 2.63. The fourth-order valence-electron chi connectivity index (χ4n) is 4.80. The highest BCUT2D eigenvalue weighted by molar-refractivity contribution is 8.23. The third kappa shape index (κ3) is 5.44. The van der Waals surface area contributed by atoms with Gasteiger partial charge in [0.15, 0.2) is 0 Å². The van der Waals surface area contributed by atoms with Gasteiger partial charge in [-0.25, -0.2) is 0 Å².